The van der Waals surface area contributed by atoms with E-state index in [4.69, 9.17) is 10.2 Å². The number of benzene rings is 1. The molecule has 1 aromatic carbocycles. The van der Waals surface area contributed by atoms with Crippen molar-refractivity contribution in [3.8, 4) is 0 Å². The highest BCUT2D eigenvalue weighted by molar-refractivity contribution is 5.66. The normalized spacial score (nSPS) is 11.1. The lowest BCUT2D eigenvalue weighted by Gasteiger charge is -2.13. The summed E-state index contributed by atoms with van der Waals surface area (Å²) in [5.41, 5.74) is 4.47. The van der Waals surface area contributed by atoms with Crippen LogP contribution in [0.25, 0.3) is 0 Å². The lowest BCUT2D eigenvalue weighted by atomic mass is 9.93. The van der Waals surface area contributed by atoms with Gasteiger partial charge in [0.05, 0.1) is 0 Å². The summed E-state index contributed by atoms with van der Waals surface area (Å²) in [4.78, 5) is 21.2. The first-order valence-electron chi connectivity index (χ1n) is 13.6. The van der Waals surface area contributed by atoms with E-state index in [9.17, 15) is 9.59 Å². The smallest absolute Gasteiger partial charge is 0.303 e. The van der Waals surface area contributed by atoms with E-state index in [-0.39, 0.29) is 0 Å². The summed E-state index contributed by atoms with van der Waals surface area (Å²) >= 11 is 0. The molecule has 0 spiro atoms. The van der Waals surface area contributed by atoms with Crippen LogP contribution in [0.5, 0.6) is 0 Å². The molecule has 188 valence electrons. The van der Waals surface area contributed by atoms with E-state index in [0.717, 1.165) is 51.4 Å². The average Bonchev–Trinajstić information content (AvgIpc) is 2.78. The Morgan fingerprint density at radius 3 is 1.58 bits per heavy atom. The van der Waals surface area contributed by atoms with Gasteiger partial charge in [-0.15, -0.1) is 0 Å². The zero-order valence-corrected chi connectivity index (χ0v) is 21.1. The predicted molar refractivity (Wildman–Crippen MR) is 137 cm³/mol. The van der Waals surface area contributed by atoms with Crippen LogP contribution in [0.15, 0.2) is 18.2 Å². The summed E-state index contributed by atoms with van der Waals surface area (Å²) in [6, 6.07) is 7.14. The van der Waals surface area contributed by atoms with E-state index in [1.165, 1.54) is 80.9 Å². The first-order valence-corrected chi connectivity index (χ1v) is 13.6. The Kier molecular flexibility index (Phi) is 17.4. The van der Waals surface area contributed by atoms with Crippen LogP contribution in [0.1, 0.15) is 133 Å². The van der Waals surface area contributed by atoms with Crippen LogP contribution in [-0.2, 0) is 28.9 Å². The van der Waals surface area contributed by atoms with Crippen molar-refractivity contribution < 1.29 is 19.8 Å². The molecule has 33 heavy (non-hydrogen) atoms. The van der Waals surface area contributed by atoms with E-state index < -0.39 is 11.9 Å². The van der Waals surface area contributed by atoms with E-state index in [2.05, 4.69) is 25.1 Å². The minimum absolute atomic E-state index is 0.292. The van der Waals surface area contributed by atoms with Gasteiger partial charge in [0.2, 0.25) is 0 Å². The van der Waals surface area contributed by atoms with Crippen LogP contribution < -0.4 is 0 Å². The maximum atomic E-state index is 10.6. The molecule has 0 aliphatic rings. The third-order valence-electron chi connectivity index (χ3n) is 6.51. The zero-order chi connectivity index (χ0) is 24.2. The van der Waals surface area contributed by atoms with Crippen molar-refractivity contribution in [1.29, 1.82) is 0 Å². The SMILES string of the molecule is CCCCCCCc1ccc(CCCCCCCC(=O)O)c(CCCCCCCC(=O)O)c1. The number of aryl methyl sites for hydroxylation is 3. The van der Waals surface area contributed by atoms with E-state index in [1.54, 1.807) is 0 Å². The van der Waals surface area contributed by atoms with Crippen molar-refractivity contribution in [3.63, 3.8) is 0 Å². The Balaban J connectivity index is 2.47. The number of aliphatic carboxylic acids is 2. The molecule has 4 nitrogen and oxygen atoms in total. The maximum absolute atomic E-state index is 10.6. The summed E-state index contributed by atoms with van der Waals surface area (Å²) in [7, 11) is 0. The first-order chi connectivity index (χ1) is 16.0. The predicted octanol–water partition coefficient (Wildman–Crippen LogP) is 8.13. The fourth-order valence-corrected chi connectivity index (χ4v) is 4.49. The summed E-state index contributed by atoms with van der Waals surface area (Å²) in [6.07, 6.45) is 21.1. The van der Waals surface area contributed by atoms with E-state index in [1.807, 2.05) is 0 Å². The van der Waals surface area contributed by atoms with Crippen molar-refractivity contribution in [3.05, 3.63) is 34.9 Å². The van der Waals surface area contributed by atoms with Gasteiger partial charge >= 0.3 is 11.9 Å². The van der Waals surface area contributed by atoms with Gasteiger partial charge in [-0.25, -0.2) is 0 Å². The quantitative estimate of drug-likeness (QED) is 0.171. The highest BCUT2D eigenvalue weighted by Gasteiger charge is 2.06. The van der Waals surface area contributed by atoms with Crippen molar-refractivity contribution in [2.24, 2.45) is 0 Å². The van der Waals surface area contributed by atoms with Crippen LogP contribution in [-0.4, -0.2) is 22.2 Å². The molecule has 4 heteroatoms. The van der Waals surface area contributed by atoms with Crippen LogP contribution in [0, 0.1) is 0 Å². The van der Waals surface area contributed by atoms with Gasteiger partial charge in [-0.05, 0) is 68.1 Å². The monoisotopic (exact) mass is 460 g/mol. The molecule has 0 fully saturated rings. The third kappa shape index (κ3) is 16.4. The number of hydrogen-bond donors (Lipinski definition) is 2. The number of unbranched alkanes of at least 4 members (excludes halogenated alkanes) is 12. The molecule has 0 atom stereocenters. The van der Waals surface area contributed by atoms with Gasteiger partial charge in [0.25, 0.3) is 0 Å². The average molecular weight is 461 g/mol. The highest BCUT2D eigenvalue weighted by atomic mass is 16.4. The number of carboxylic acids is 2. The maximum Gasteiger partial charge on any atom is 0.303 e. The minimum Gasteiger partial charge on any atom is -0.481 e. The van der Waals surface area contributed by atoms with Gasteiger partial charge in [-0.3, -0.25) is 9.59 Å². The molecular formula is C29H48O4. The molecule has 1 rings (SSSR count). The zero-order valence-electron chi connectivity index (χ0n) is 21.1. The highest BCUT2D eigenvalue weighted by Crippen LogP contribution is 2.21. The summed E-state index contributed by atoms with van der Waals surface area (Å²) < 4.78 is 0. The topological polar surface area (TPSA) is 74.6 Å². The summed E-state index contributed by atoms with van der Waals surface area (Å²) in [5.74, 6) is -1.37. The molecule has 0 saturated carbocycles. The van der Waals surface area contributed by atoms with Gasteiger partial charge in [-0.1, -0.05) is 89.3 Å². The molecular weight excluding hydrogens is 412 g/mol. The largest absolute Gasteiger partial charge is 0.481 e. The second kappa shape index (κ2) is 19.6. The molecule has 0 aromatic heterocycles. The van der Waals surface area contributed by atoms with Gasteiger partial charge in [0.1, 0.15) is 0 Å². The molecule has 0 bridgehead atoms. The fraction of sp³-hybridized carbons (Fsp3) is 0.724. The second-order valence-corrected chi connectivity index (χ2v) is 9.59. The standard InChI is InChI=1S/C29H48O4/c1-2-3-4-7-12-17-25-22-23-26(18-13-8-5-10-15-20-28(30)31)27(24-25)19-14-9-6-11-16-21-29(32)33/h22-24H,2-21H2,1H3,(H,30,31)(H,32,33). The van der Waals surface area contributed by atoms with Crippen molar-refractivity contribution in [2.75, 3.05) is 0 Å². The minimum atomic E-state index is -0.688. The van der Waals surface area contributed by atoms with Crippen LogP contribution in [0.3, 0.4) is 0 Å². The van der Waals surface area contributed by atoms with Crippen LogP contribution in [0.4, 0.5) is 0 Å². The van der Waals surface area contributed by atoms with Gasteiger partial charge in [-0.2, -0.15) is 0 Å². The number of hydrogen-bond acceptors (Lipinski definition) is 2. The summed E-state index contributed by atoms with van der Waals surface area (Å²) in [5, 5.41) is 17.5. The van der Waals surface area contributed by atoms with Gasteiger partial charge in [0.15, 0.2) is 0 Å². The molecule has 0 heterocycles. The molecule has 0 saturated heterocycles. The Bertz CT molecular complexity index is 653. The molecule has 0 unspecified atom stereocenters. The molecule has 2 N–H and O–H groups in total. The van der Waals surface area contributed by atoms with Gasteiger partial charge in [0, 0.05) is 12.8 Å². The number of carbonyl (C=O) groups is 2. The molecule has 0 amide bonds. The van der Waals surface area contributed by atoms with Crippen molar-refractivity contribution in [1.82, 2.24) is 0 Å². The third-order valence-corrected chi connectivity index (χ3v) is 6.51. The van der Waals surface area contributed by atoms with Crippen molar-refractivity contribution >= 4 is 11.9 Å². The van der Waals surface area contributed by atoms with E-state index >= 15 is 0 Å². The Hall–Kier alpha value is -1.84. The first kappa shape index (κ1) is 29.2. The Labute approximate surface area is 202 Å². The molecule has 0 aliphatic carbocycles. The Morgan fingerprint density at radius 1 is 0.576 bits per heavy atom. The number of rotatable bonds is 22. The molecule has 1 aromatic rings. The van der Waals surface area contributed by atoms with Crippen molar-refractivity contribution in [2.45, 2.75) is 135 Å². The lowest BCUT2D eigenvalue weighted by Crippen LogP contribution is -1.99. The molecule has 0 radical (unpaired) electrons. The van der Waals surface area contributed by atoms with Gasteiger partial charge < -0.3 is 10.2 Å². The second-order valence-electron chi connectivity index (χ2n) is 9.59. The fourth-order valence-electron chi connectivity index (χ4n) is 4.49. The van der Waals surface area contributed by atoms with Crippen LogP contribution in [0.2, 0.25) is 0 Å². The summed E-state index contributed by atoms with van der Waals surface area (Å²) in [6.45, 7) is 2.26. The number of carboxylic acid groups (broad SMARTS) is 2. The Morgan fingerprint density at radius 2 is 1.03 bits per heavy atom. The molecule has 0 aliphatic heterocycles. The van der Waals surface area contributed by atoms with E-state index in [0.29, 0.717) is 12.8 Å². The van der Waals surface area contributed by atoms with Crippen LogP contribution >= 0.6 is 0 Å². The lowest BCUT2D eigenvalue weighted by molar-refractivity contribution is -0.138.